The third-order valence-corrected chi connectivity index (χ3v) is 7.18. The molecular weight excluding hydrogens is 407 g/mol. The van der Waals surface area contributed by atoms with Crippen LogP contribution in [0.5, 0.6) is 0 Å². The van der Waals surface area contributed by atoms with Gasteiger partial charge in [-0.3, -0.25) is 4.52 Å². The fraction of sp³-hybridized carbons (Fsp3) is 0.462. The normalized spacial score (nSPS) is 18.0. The van der Waals surface area contributed by atoms with Crippen molar-refractivity contribution < 1.29 is 18.9 Å². The van der Waals surface area contributed by atoms with Crippen molar-refractivity contribution in [3.63, 3.8) is 0 Å². The number of hydrogen-bond acceptors (Lipinski definition) is 2. The second-order valence-corrected chi connectivity index (χ2v) is 11.5. The molecule has 2 N–H and O–H groups in total. The summed E-state index contributed by atoms with van der Waals surface area (Å²) in [7, 11) is -4.46. The largest absolute Gasteiger partial charge is 0.469 e. The van der Waals surface area contributed by atoms with E-state index in [2.05, 4.69) is 65.1 Å². The Morgan fingerprint density at radius 2 is 1.65 bits per heavy atom. The van der Waals surface area contributed by atoms with E-state index < -0.39 is 7.82 Å². The van der Waals surface area contributed by atoms with Crippen molar-refractivity contribution >= 4 is 19.5 Å². The molecule has 0 saturated carbocycles. The highest BCUT2D eigenvalue weighted by atomic mass is 31.2. The second-order valence-electron chi connectivity index (χ2n) is 10.2. The molecule has 0 saturated heterocycles. The first-order valence-corrected chi connectivity index (χ1v) is 12.4. The molecule has 5 heteroatoms. The Kier molecular flexibility index (Phi) is 6.43. The molecule has 0 atom stereocenters. The summed E-state index contributed by atoms with van der Waals surface area (Å²) < 4.78 is 15.5. The first-order valence-electron chi connectivity index (χ1n) is 10.8. The maximum Gasteiger partial charge on any atom is 0.469 e. The van der Waals surface area contributed by atoms with E-state index in [4.69, 9.17) is 9.79 Å². The number of benzene rings is 2. The number of phosphoric acid groups is 1. The topological polar surface area (TPSA) is 66.8 Å². The number of allylic oxidation sites excluding steroid dienone is 1. The van der Waals surface area contributed by atoms with E-state index in [0.29, 0.717) is 0 Å². The molecule has 168 valence electrons. The number of aryl methyl sites for hydroxylation is 1. The van der Waals surface area contributed by atoms with Crippen LogP contribution < -0.4 is 0 Å². The lowest BCUT2D eigenvalue weighted by molar-refractivity contribution is 0.189. The van der Waals surface area contributed by atoms with Crippen molar-refractivity contribution in [3.05, 3.63) is 69.3 Å². The Hall–Kier alpha value is -1.71. The van der Waals surface area contributed by atoms with Crippen molar-refractivity contribution in [2.24, 2.45) is 0 Å². The Morgan fingerprint density at radius 3 is 2.23 bits per heavy atom. The molecule has 0 radical (unpaired) electrons. The molecular formula is C26H35O4P. The van der Waals surface area contributed by atoms with Crippen LogP contribution in [-0.2, 0) is 26.5 Å². The lowest BCUT2D eigenvalue weighted by Gasteiger charge is -2.44. The summed E-state index contributed by atoms with van der Waals surface area (Å²) in [5.74, 6) is 0. The number of hydrogen-bond donors (Lipinski definition) is 2. The minimum atomic E-state index is -4.46. The van der Waals surface area contributed by atoms with Gasteiger partial charge >= 0.3 is 7.82 Å². The molecule has 0 fully saturated rings. The van der Waals surface area contributed by atoms with Crippen molar-refractivity contribution in [1.82, 2.24) is 0 Å². The van der Waals surface area contributed by atoms with Crippen LogP contribution in [0, 0.1) is 13.8 Å². The summed E-state index contributed by atoms with van der Waals surface area (Å²) in [6.07, 6.45) is 4.58. The predicted octanol–water partition coefficient (Wildman–Crippen LogP) is 6.82. The Labute approximate surface area is 186 Å². The van der Waals surface area contributed by atoms with Crippen molar-refractivity contribution in [3.8, 4) is 0 Å². The van der Waals surface area contributed by atoms with Gasteiger partial charge in [-0.05, 0) is 89.0 Å². The zero-order chi connectivity index (χ0) is 23.2. The van der Waals surface area contributed by atoms with Crippen LogP contribution in [0.25, 0.3) is 11.6 Å². The molecule has 0 bridgehead atoms. The molecule has 2 aromatic carbocycles. The fourth-order valence-electron chi connectivity index (χ4n) is 5.07. The van der Waals surface area contributed by atoms with Gasteiger partial charge in [0.2, 0.25) is 0 Å². The summed E-state index contributed by atoms with van der Waals surface area (Å²) in [5, 5.41) is 0. The molecule has 0 unspecified atom stereocenters. The summed E-state index contributed by atoms with van der Waals surface area (Å²) in [6.45, 7) is 16.0. The van der Waals surface area contributed by atoms with E-state index in [0.717, 1.165) is 11.1 Å². The van der Waals surface area contributed by atoms with Crippen molar-refractivity contribution in [1.29, 1.82) is 0 Å². The van der Waals surface area contributed by atoms with Crippen LogP contribution in [0.4, 0.5) is 0 Å². The first-order chi connectivity index (χ1) is 14.2. The van der Waals surface area contributed by atoms with Gasteiger partial charge in [-0.1, -0.05) is 64.1 Å². The molecule has 1 aliphatic carbocycles. The molecule has 0 aliphatic heterocycles. The van der Waals surface area contributed by atoms with Crippen molar-refractivity contribution in [2.75, 3.05) is 0 Å². The maximum absolute atomic E-state index is 10.9. The van der Waals surface area contributed by atoms with E-state index >= 15 is 0 Å². The van der Waals surface area contributed by atoms with E-state index in [1.807, 2.05) is 24.3 Å². The Bertz CT molecular complexity index is 1060. The molecule has 1 aliphatic rings. The summed E-state index contributed by atoms with van der Waals surface area (Å²) in [6, 6.07) is 9.99. The SMILES string of the molecule is CC(=Cc1ccc(COP(=O)(O)O)cc1)c1c(C)cc2c(c1C)C(C)(C)CCC2(C)C. The molecule has 2 aromatic rings. The average Bonchev–Trinajstić information content (AvgIpc) is 2.64. The van der Waals surface area contributed by atoms with E-state index in [1.54, 1.807) is 0 Å². The molecule has 0 spiro atoms. The smallest absolute Gasteiger partial charge is 0.303 e. The third kappa shape index (κ3) is 5.21. The lowest BCUT2D eigenvalue weighted by atomic mass is 9.61. The van der Waals surface area contributed by atoms with Gasteiger partial charge in [-0.25, -0.2) is 4.57 Å². The van der Waals surface area contributed by atoms with Crippen molar-refractivity contribution in [2.45, 2.75) is 78.7 Å². The lowest BCUT2D eigenvalue weighted by Crippen LogP contribution is -2.35. The van der Waals surface area contributed by atoms with Gasteiger partial charge in [-0.2, -0.15) is 0 Å². The highest BCUT2D eigenvalue weighted by molar-refractivity contribution is 7.46. The van der Waals surface area contributed by atoms with Crippen LogP contribution in [0.15, 0.2) is 30.3 Å². The van der Waals surface area contributed by atoms with E-state index in [1.165, 1.54) is 46.2 Å². The Morgan fingerprint density at radius 1 is 1.06 bits per heavy atom. The molecule has 0 aromatic heterocycles. The minimum absolute atomic E-state index is 0.110. The second kappa shape index (κ2) is 8.33. The first kappa shape index (κ1) is 23.9. The van der Waals surface area contributed by atoms with E-state index in [-0.39, 0.29) is 17.4 Å². The van der Waals surface area contributed by atoms with Crippen LogP contribution in [0.2, 0.25) is 0 Å². The van der Waals surface area contributed by atoms with E-state index in [9.17, 15) is 4.57 Å². The number of fused-ring (bicyclic) bond motifs is 1. The highest BCUT2D eigenvalue weighted by Gasteiger charge is 2.39. The molecule has 0 heterocycles. The number of phosphoric ester groups is 1. The van der Waals surface area contributed by atoms with Gasteiger partial charge in [-0.15, -0.1) is 0 Å². The highest BCUT2D eigenvalue weighted by Crippen LogP contribution is 2.49. The molecule has 4 nitrogen and oxygen atoms in total. The summed E-state index contributed by atoms with van der Waals surface area (Å²) >= 11 is 0. The maximum atomic E-state index is 10.9. The molecule has 0 amide bonds. The third-order valence-electron chi connectivity index (χ3n) is 6.71. The number of rotatable bonds is 5. The predicted molar refractivity (Wildman–Crippen MR) is 128 cm³/mol. The van der Waals surface area contributed by atoms with Gasteiger partial charge in [0, 0.05) is 0 Å². The summed E-state index contributed by atoms with van der Waals surface area (Å²) in [5.41, 5.74) is 10.4. The monoisotopic (exact) mass is 442 g/mol. The average molecular weight is 443 g/mol. The summed E-state index contributed by atoms with van der Waals surface area (Å²) in [4.78, 5) is 17.7. The zero-order valence-electron chi connectivity index (χ0n) is 19.7. The quantitative estimate of drug-likeness (QED) is 0.394. The fourth-order valence-corrected chi connectivity index (χ4v) is 5.39. The molecule has 31 heavy (non-hydrogen) atoms. The minimum Gasteiger partial charge on any atom is -0.303 e. The van der Waals surface area contributed by atoms with Crippen LogP contribution in [-0.4, -0.2) is 9.79 Å². The van der Waals surface area contributed by atoms with Gasteiger partial charge in [0.05, 0.1) is 6.61 Å². The van der Waals surface area contributed by atoms with Gasteiger partial charge < -0.3 is 9.79 Å². The van der Waals surface area contributed by atoms with Gasteiger partial charge in [0.25, 0.3) is 0 Å². The van der Waals surface area contributed by atoms with Gasteiger partial charge in [0.1, 0.15) is 0 Å². The van der Waals surface area contributed by atoms with Crippen LogP contribution in [0.3, 0.4) is 0 Å². The zero-order valence-corrected chi connectivity index (χ0v) is 20.6. The standard InChI is InChI=1S/C26H35O4P/c1-17(14-20-8-10-21(11-9-20)16-30-31(27,28)29)23-18(2)15-22-24(19(23)3)26(6,7)13-12-25(22,4)5/h8-11,14-15H,12-13,16H2,1-7H3,(H2,27,28,29). The molecule has 3 rings (SSSR count). The van der Waals surface area contributed by atoms with Crippen LogP contribution in [0.1, 0.15) is 86.4 Å². The Balaban J connectivity index is 1.98. The van der Waals surface area contributed by atoms with Crippen LogP contribution >= 0.6 is 7.82 Å². The van der Waals surface area contributed by atoms with Gasteiger partial charge in [0.15, 0.2) is 0 Å².